The van der Waals surface area contributed by atoms with Crippen molar-refractivity contribution in [2.45, 2.75) is 44.9 Å². The number of anilines is 1. The average Bonchev–Trinajstić information content (AvgIpc) is 3.25. The molecule has 9 heteroatoms. The Morgan fingerprint density at radius 3 is 2.61 bits per heavy atom. The number of aromatic nitrogens is 2. The van der Waals surface area contributed by atoms with E-state index in [0.29, 0.717) is 34.8 Å². The molecule has 3 aromatic rings. The van der Waals surface area contributed by atoms with Gasteiger partial charge >= 0.3 is 6.18 Å². The summed E-state index contributed by atoms with van der Waals surface area (Å²) in [6, 6.07) is 7.38. The highest BCUT2D eigenvalue weighted by atomic mass is 19.4. The van der Waals surface area contributed by atoms with Crippen molar-refractivity contribution >= 4 is 16.6 Å². The van der Waals surface area contributed by atoms with Crippen LogP contribution in [0, 0.1) is 6.92 Å². The van der Waals surface area contributed by atoms with Crippen molar-refractivity contribution in [1.82, 2.24) is 15.3 Å². The molecule has 0 saturated carbocycles. The maximum atomic E-state index is 13.3. The van der Waals surface area contributed by atoms with E-state index in [1.54, 1.807) is 20.1 Å². The number of nitrogens with zero attached hydrogens (tertiary/aromatic N) is 2. The third-order valence-corrected chi connectivity index (χ3v) is 5.85. The highest BCUT2D eigenvalue weighted by molar-refractivity contribution is 5.85. The van der Waals surface area contributed by atoms with Crippen molar-refractivity contribution < 1.29 is 22.6 Å². The number of fused-ring (bicyclic) bond motifs is 1. The summed E-state index contributed by atoms with van der Waals surface area (Å²) in [4.78, 5) is 9.15. The van der Waals surface area contributed by atoms with Crippen LogP contribution in [0.4, 0.5) is 18.9 Å². The van der Waals surface area contributed by atoms with Gasteiger partial charge in [0.1, 0.15) is 11.9 Å². The van der Waals surface area contributed by atoms with E-state index in [1.165, 1.54) is 0 Å². The average molecular weight is 461 g/mol. The summed E-state index contributed by atoms with van der Waals surface area (Å²) in [6.07, 6.45) is -3.11. The minimum absolute atomic E-state index is 0.0400. The molecule has 3 N–H and O–H groups in total. The van der Waals surface area contributed by atoms with E-state index in [0.717, 1.165) is 42.7 Å². The molecule has 1 aromatic heterocycles. The Morgan fingerprint density at radius 1 is 1.15 bits per heavy atom. The number of nitrogen functional groups attached to an aromatic ring is 1. The second-order valence-corrected chi connectivity index (χ2v) is 8.46. The molecule has 1 fully saturated rings. The zero-order chi connectivity index (χ0) is 23.8. The van der Waals surface area contributed by atoms with Gasteiger partial charge in [-0.05, 0) is 62.1 Å². The van der Waals surface area contributed by atoms with Crippen LogP contribution in [0.15, 0.2) is 30.3 Å². The first-order valence-electron chi connectivity index (χ1n) is 10.8. The third kappa shape index (κ3) is 5.13. The number of rotatable bonds is 6. The SMILES string of the molecule is COc1cc2nc(C)nc(C[C@H](C)c3cc(N)cc(C(F)(F)F)c3)c2cc1O[C@H]1CCNC1. The summed E-state index contributed by atoms with van der Waals surface area (Å²) < 4.78 is 51.5. The Bertz CT molecular complexity index is 1160. The monoisotopic (exact) mass is 460 g/mol. The van der Waals surface area contributed by atoms with Crippen LogP contribution in [0.1, 0.15) is 41.9 Å². The van der Waals surface area contributed by atoms with Crippen LogP contribution in [0.2, 0.25) is 0 Å². The standard InChI is InChI=1S/C24H27F3N4O2/c1-13(15-7-16(24(25,26)27)9-17(28)8-15)6-20-19-10-23(33-18-4-5-29-12-18)22(32-3)11-21(19)31-14(2)30-20/h7-11,13,18,29H,4-6,12,28H2,1-3H3/t13-,18-/m0/s1. The van der Waals surface area contributed by atoms with Gasteiger partial charge in [0, 0.05) is 23.7 Å². The summed E-state index contributed by atoms with van der Waals surface area (Å²) in [5, 5.41) is 4.06. The van der Waals surface area contributed by atoms with Crippen molar-refractivity contribution in [3.05, 3.63) is 53.0 Å². The molecule has 4 rings (SSSR count). The number of alkyl halides is 3. The van der Waals surface area contributed by atoms with E-state index < -0.39 is 11.7 Å². The molecule has 0 spiro atoms. The highest BCUT2D eigenvalue weighted by Crippen LogP contribution is 2.37. The van der Waals surface area contributed by atoms with Crippen LogP contribution in [0.25, 0.3) is 10.9 Å². The lowest BCUT2D eigenvalue weighted by atomic mass is 9.92. The van der Waals surface area contributed by atoms with Crippen LogP contribution in [0.5, 0.6) is 11.5 Å². The first-order chi connectivity index (χ1) is 15.6. The fraction of sp³-hybridized carbons (Fsp3) is 0.417. The lowest BCUT2D eigenvalue weighted by Gasteiger charge is -2.19. The lowest BCUT2D eigenvalue weighted by molar-refractivity contribution is -0.137. The fourth-order valence-electron chi connectivity index (χ4n) is 4.18. The lowest BCUT2D eigenvalue weighted by Crippen LogP contribution is -2.20. The van der Waals surface area contributed by atoms with Crippen molar-refractivity contribution in [3.63, 3.8) is 0 Å². The molecule has 0 bridgehead atoms. The Labute approximate surface area is 190 Å². The molecule has 33 heavy (non-hydrogen) atoms. The summed E-state index contributed by atoms with van der Waals surface area (Å²) in [5.74, 6) is 1.50. The largest absolute Gasteiger partial charge is 0.493 e. The van der Waals surface area contributed by atoms with Gasteiger partial charge in [0.2, 0.25) is 0 Å². The van der Waals surface area contributed by atoms with Gasteiger partial charge in [-0.1, -0.05) is 6.92 Å². The number of nitrogens with two attached hydrogens (primary N) is 1. The van der Waals surface area contributed by atoms with Gasteiger partial charge in [0.25, 0.3) is 0 Å². The molecule has 176 valence electrons. The van der Waals surface area contributed by atoms with E-state index in [4.69, 9.17) is 15.2 Å². The number of aryl methyl sites for hydroxylation is 1. The summed E-state index contributed by atoms with van der Waals surface area (Å²) in [6.45, 7) is 5.30. The van der Waals surface area contributed by atoms with Gasteiger partial charge in [0.15, 0.2) is 11.5 Å². The number of hydrogen-bond donors (Lipinski definition) is 2. The van der Waals surface area contributed by atoms with Crippen LogP contribution >= 0.6 is 0 Å². The fourth-order valence-corrected chi connectivity index (χ4v) is 4.18. The zero-order valence-corrected chi connectivity index (χ0v) is 18.8. The van der Waals surface area contributed by atoms with Crippen molar-refractivity contribution in [1.29, 1.82) is 0 Å². The van der Waals surface area contributed by atoms with Crippen LogP contribution in [-0.4, -0.2) is 36.3 Å². The van der Waals surface area contributed by atoms with Gasteiger partial charge in [-0.2, -0.15) is 13.2 Å². The van der Waals surface area contributed by atoms with Crippen LogP contribution in [0.3, 0.4) is 0 Å². The molecule has 2 heterocycles. The van der Waals surface area contributed by atoms with E-state index >= 15 is 0 Å². The molecular weight excluding hydrogens is 433 g/mol. The topological polar surface area (TPSA) is 82.3 Å². The maximum Gasteiger partial charge on any atom is 0.416 e. The molecule has 0 unspecified atom stereocenters. The van der Waals surface area contributed by atoms with Gasteiger partial charge in [0.05, 0.1) is 23.9 Å². The molecule has 6 nitrogen and oxygen atoms in total. The normalized spacial score (nSPS) is 17.3. The first kappa shape index (κ1) is 23.1. The molecule has 1 saturated heterocycles. The number of methoxy groups -OCH3 is 1. The van der Waals surface area contributed by atoms with Gasteiger partial charge in [-0.25, -0.2) is 9.97 Å². The van der Waals surface area contributed by atoms with Crippen molar-refractivity contribution in [2.75, 3.05) is 25.9 Å². The number of nitrogens with one attached hydrogen (secondary N) is 1. The van der Waals surface area contributed by atoms with Crippen LogP contribution in [-0.2, 0) is 12.6 Å². The number of hydrogen-bond acceptors (Lipinski definition) is 6. The predicted molar refractivity (Wildman–Crippen MR) is 121 cm³/mol. The predicted octanol–water partition coefficient (Wildman–Crippen LogP) is 4.63. The molecule has 2 atom stereocenters. The minimum Gasteiger partial charge on any atom is -0.493 e. The van der Waals surface area contributed by atoms with Crippen LogP contribution < -0.4 is 20.5 Å². The Hall–Kier alpha value is -3.07. The van der Waals surface area contributed by atoms with E-state index in [-0.39, 0.29) is 17.7 Å². The number of ether oxygens (including phenoxy) is 2. The van der Waals surface area contributed by atoms with E-state index in [9.17, 15) is 13.2 Å². The molecule has 0 amide bonds. The molecule has 0 aliphatic carbocycles. The Kier molecular flexibility index (Phi) is 6.34. The summed E-state index contributed by atoms with van der Waals surface area (Å²) >= 11 is 0. The van der Waals surface area contributed by atoms with Crippen molar-refractivity contribution in [3.8, 4) is 11.5 Å². The van der Waals surface area contributed by atoms with E-state index in [1.807, 2.05) is 19.1 Å². The third-order valence-electron chi connectivity index (χ3n) is 5.85. The van der Waals surface area contributed by atoms with E-state index in [2.05, 4.69) is 15.3 Å². The number of halogens is 3. The second kappa shape index (κ2) is 9.05. The van der Waals surface area contributed by atoms with Gasteiger partial charge in [-0.3, -0.25) is 0 Å². The minimum atomic E-state index is -4.46. The molecule has 0 radical (unpaired) electrons. The zero-order valence-electron chi connectivity index (χ0n) is 18.8. The second-order valence-electron chi connectivity index (χ2n) is 8.46. The first-order valence-corrected chi connectivity index (χ1v) is 10.8. The Balaban J connectivity index is 1.71. The van der Waals surface area contributed by atoms with Gasteiger partial charge in [-0.15, -0.1) is 0 Å². The molecular formula is C24H27F3N4O2. The molecule has 1 aliphatic rings. The maximum absolute atomic E-state index is 13.3. The molecule has 1 aliphatic heterocycles. The van der Waals surface area contributed by atoms with Gasteiger partial charge < -0.3 is 20.5 Å². The summed E-state index contributed by atoms with van der Waals surface area (Å²) in [5.41, 5.74) is 7.04. The Morgan fingerprint density at radius 2 is 1.94 bits per heavy atom. The highest BCUT2D eigenvalue weighted by Gasteiger charge is 2.31. The molecule has 2 aromatic carbocycles. The number of benzene rings is 2. The summed E-state index contributed by atoms with van der Waals surface area (Å²) in [7, 11) is 1.58. The quantitative estimate of drug-likeness (QED) is 0.522. The van der Waals surface area contributed by atoms with Crippen molar-refractivity contribution in [2.24, 2.45) is 0 Å². The smallest absolute Gasteiger partial charge is 0.416 e.